The van der Waals surface area contributed by atoms with Crippen molar-refractivity contribution < 1.29 is 18.7 Å². The first-order chi connectivity index (χ1) is 17.1. The van der Waals surface area contributed by atoms with Crippen LogP contribution in [-0.4, -0.2) is 33.6 Å². The molecule has 0 saturated heterocycles. The second-order valence-corrected chi connectivity index (χ2v) is 8.70. The van der Waals surface area contributed by atoms with Crippen molar-refractivity contribution in [3.05, 3.63) is 90.5 Å². The minimum atomic E-state index is -0.564. The van der Waals surface area contributed by atoms with Crippen LogP contribution < -0.4 is 4.74 Å². The van der Waals surface area contributed by atoms with Gasteiger partial charge in [0.1, 0.15) is 0 Å². The lowest BCUT2D eigenvalue weighted by atomic mass is 10.1. The zero-order chi connectivity index (χ0) is 24.4. The minimum Gasteiger partial charge on any atom is -0.491 e. The molecule has 0 bridgehead atoms. The first kappa shape index (κ1) is 22.7. The molecule has 2 aromatic carbocycles. The number of nitrogens with zero attached hydrogens (tertiary/aromatic N) is 2. The average Bonchev–Trinajstić information content (AvgIpc) is 3.50. The van der Waals surface area contributed by atoms with Crippen LogP contribution in [0.4, 0.5) is 4.39 Å². The number of aromatic nitrogens is 3. The molecule has 5 aromatic rings. The molecule has 35 heavy (non-hydrogen) atoms. The van der Waals surface area contributed by atoms with E-state index in [9.17, 15) is 4.79 Å². The zero-order valence-corrected chi connectivity index (χ0v) is 19.9. The molecule has 8 heteroatoms. The predicted octanol–water partition coefficient (Wildman–Crippen LogP) is 6.58. The number of methoxy groups -OCH3 is 1. The molecule has 3 aromatic heterocycles. The Bertz CT molecular complexity index is 1510. The number of benzene rings is 2. The summed E-state index contributed by atoms with van der Waals surface area (Å²) < 4.78 is 27.6. The van der Waals surface area contributed by atoms with Crippen LogP contribution >= 0.6 is 11.9 Å². The van der Waals surface area contributed by atoms with Gasteiger partial charge in [0.25, 0.3) is 0 Å². The number of hydrogen-bond acceptors (Lipinski definition) is 5. The second kappa shape index (κ2) is 9.68. The monoisotopic (exact) mass is 487 g/mol. The van der Waals surface area contributed by atoms with Gasteiger partial charge in [0, 0.05) is 39.5 Å². The number of rotatable bonds is 7. The van der Waals surface area contributed by atoms with Crippen molar-refractivity contribution in [2.75, 3.05) is 13.7 Å². The Balaban J connectivity index is 1.62. The smallest absolute Gasteiger partial charge is 0.340 e. The largest absolute Gasteiger partial charge is 0.491 e. The summed E-state index contributed by atoms with van der Waals surface area (Å²) in [6.07, 6.45) is 3.67. The molecule has 0 amide bonds. The van der Waals surface area contributed by atoms with Gasteiger partial charge in [0.05, 0.1) is 25.0 Å². The number of ether oxygens (including phenoxy) is 2. The highest BCUT2D eigenvalue weighted by Gasteiger charge is 2.23. The van der Waals surface area contributed by atoms with Gasteiger partial charge >= 0.3 is 5.97 Å². The van der Waals surface area contributed by atoms with Crippen LogP contribution in [0.5, 0.6) is 5.75 Å². The Morgan fingerprint density at radius 3 is 2.69 bits per heavy atom. The SMILES string of the molecule is CCOc1cccc(-c2[nH]c(-c3ccnc4c3ccn4Sc3ccccc3)cc2C(=O)OC)c1F. The number of aromatic amines is 1. The maximum Gasteiger partial charge on any atom is 0.340 e. The highest BCUT2D eigenvalue weighted by molar-refractivity contribution is 7.98. The van der Waals surface area contributed by atoms with Gasteiger partial charge in [-0.25, -0.2) is 14.2 Å². The lowest BCUT2D eigenvalue weighted by Gasteiger charge is -2.09. The molecule has 0 unspecified atom stereocenters. The van der Waals surface area contributed by atoms with Crippen LogP contribution in [0, 0.1) is 5.82 Å². The standard InChI is InChI=1S/C27H22FN3O3S/c1-3-34-23-11-7-10-20(24(23)28)25-21(27(32)33-2)16-22(30-25)18-12-14-29-26-19(18)13-15-31(26)35-17-8-5-4-6-9-17/h4-16,30H,3H2,1-2H3. The van der Waals surface area contributed by atoms with Gasteiger partial charge in [-0.3, -0.25) is 3.97 Å². The van der Waals surface area contributed by atoms with Crippen LogP contribution in [0.3, 0.4) is 0 Å². The summed E-state index contributed by atoms with van der Waals surface area (Å²) in [4.78, 5) is 21.5. The lowest BCUT2D eigenvalue weighted by molar-refractivity contribution is 0.0602. The molecule has 0 spiro atoms. The van der Waals surface area contributed by atoms with Crippen molar-refractivity contribution in [1.82, 2.24) is 13.9 Å². The number of H-pyrrole nitrogens is 1. The van der Waals surface area contributed by atoms with Gasteiger partial charge in [-0.15, -0.1) is 0 Å². The van der Waals surface area contributed by atoms with Gasteiger partial charge in [-0.05, 0) is 61.3 Å². The van der Waals surface area contributed by atoms with Crippen molar-refractivity contribution in [2.45, 2.75) is 11.8 Å². The summed E-state index contributed by atoms with van der Waals surface area (Å²) in [6, 6.07) is 20.4. The van der Waals surface area contributed by atoms with Crippen molar-refractivity contribution in [2.24, 2.45) is 0 Å². The van der Waals surface area contributed by atoms with E-state index in [1.54, 1.807) is 49.3 Å². The zero-order valence-electron chi connectivity index (χ0n) is 19.1. The molecule has 6 nitrogen and oxygen atoms in total. The number of pyridine rings is 1. The van der Waals surface area contributed by atoms with Gasteiger partial charge in [0.2, 0.25) is 0 Å². The molecule has 0 saturated carbocycles. The summed E-state index contributed by atoms with van der Waals surface area (Å²) in [6.45, 7) is 2.11. The lowest BCUT2D eigenvalue weighted by Crippen LogP contribution is -2.03. The average molecular weight is 488 g/mol. The summed E-state index contributed by atoms with van der Waals surface area (Å²) >= 11 is 1.56. The van der Waals surface area contributed by atoms with E-state index in [0.717, 1.165) is 21.5 Å². The number of carbonyl (C=O) groups is 1. The molecular formula is C27H22FN3O3S. The first-order valence-electron chi connectivity index (χ1n) is 11.0. The van der Waals surface area contributed by atoms with Crippen molar-refractivity contribution >= 4 is 29.0 Å². The van der Waals surface area contributed by atoms with Crippen LogP contribution in [-0.2, 0) is 4.74 Å². The van der Waals surface area contributed by atoms with E-state index in [2.05, 4.69) is 9.97 Å². The van der Waals surface area contributed by atoms with Gasteiger partial charge in [0.15, 0.2) is 17.2 Å². The number of hydrogen-bond donors (Lipinski definition) is 1. The molecule has 3 heterocycles. The Kier molecular flexibility index (Phi) is 6.29. The quantitative estimate of drug-likeness (QED) is 0.263. The van der Waals surface area contributed by atoms with Crippen molar-refractivity contribution in [3.8, 4) is 28.3 Å². The third-order valence-electron chi connectivity index (χ3n) is 5.55. The fourth-order valence-electron chi connectivity index (χ4n) is 3.97. The van der Waals surface area contributed by atoms with Crippen molar-refractivity contribution in [3.63, 3.8) is 0 Å². The maximum atomic E-state index is 15.3. The van der Waals surface area contributed by atoms with Crippen molar-refractivity contribution in [1.29, 1.82) is 0 Å². The van der Waals surface area contributed by atoms with E-state index >= 15 is 4.39 Å². The van der Waals surface area contributed by atoms with Crippen LogP contribution in [0.1, 0.15) is 17.3 Å². The summed E-state index contributed by atoms with van der Waals surface area (Å²) in [5.41, 5.74) is 3.05. The van der Waals surface area contributed by atoms with E-state index < -0.39 is 11.8 Å². The number of esters is 1. The number of fused-ring (bicyclic) bond motifs is 1. The Hall–Kier alpha value is -4.04. The molecule has 0 aliphatic heterocycles. The number of halogens is 1. The number of nitrogens with one attached hydrogen (secondary N) is 1. The van der Waals surface area contributed by atoms with Gasteiger partial charge in [-0.2, -0.15) is 0 Å². The van der Waals surface area contributed by atoms with Gasteiger partial charge < -0.3 is 14.5 Å². The highest BCUT2D eigenvalue weighted by Crippen LogP contribution is 2.37. The third kappa shape index (κ3) is 4.28. The van der Waals surface area contributed by atoms with E-state index in [1.165, 1.54) is 7.11 Å². The van der Waals surface area contributed by atoms with E-state index in [0.29, 0.717) is 18.0 Å². The van der Waals surface area contributed by atoms with Crippen LogP contribution in [0.2, 0.25) is 0 Å². The Morgan fingerprint density at radius 2 is 1.91 bits per heavy atom. The Labute approximate surface area is 205 Å². The van der Waals surface area contributed by atoms with E-state index in [-0.39, 0.29) is 16.9 Å². The normalized spacial score (nSPS) is 11.1. The molecular weight excluding hydrogens is 465 g/mol. The van der Waals surface area contributed by atoms with Crippen LogP contribution in [0.15, 0.2) is 84.0 Å². The third-order valence-corrected chi connectivity index (χ3v) is 6.52. The Morgan fingerprint density at radius 1 is 1.09 bits per heavy atom. The van der Waals surface area contributed by atoms with Crippen LogP contribution in [0.25, 0.3) is 33.5 Å². The minimum absolute atomic E-state index is 0.123. The number of carbonyl (C=O) groups excluding carboxylic acids is 1. The van der Waals surface area contributed by atoms with E-state index in [1.807, 2.05) is 52.6 Å². The summed E-state index contributed by atoms with van der Waals surface area (Å²) in [7, 11) is 1.30. The molecule has 1 N–H and O–H groups in total. The molecule has 0 aliphatic rings. The summed E-state index contributed by atoms with van der Waals surface area (Å²) in [5, 5.41) is 0.892. The predicted molar refractivity (Wildman–Crippen MR) is 135 cm³/mol. The second-order valence-electron chi connectivity index (χ2n) is 7.66. The van der Waals surface area contributed by atoms with E-state index in [4.69, 9.17) is 9.47 Å². The summed E-state index contributed by atoms with van der Waals surface area (Å²) in [5.74, 6) is -0.984. The fourth-order valence-corrected chi connectivity index (χ4v) is 4.83. The molecule has 0 radical (unpaired) electrons. The molecule has 176 valence electrons. The topological polar surface area (TPSA) is 69.1 Å². The maximum absolute atomic E-state index is 15.3. The molecule has 0 fully saturated rings. The first-order valence-corrected chi connectivity index (χ1v) is 11.8. The molecule has 0 atom stereocenters. The van der Waals surface area contributed by atoms with Gasteiger partial charge in [-0.1, -0.05) is 24.3 Å². The molecule has 0 aliphatic carbocycles. The fraction of sp³-hybridized carbons (Fsp3) is 0.111. The molecule has 5 rings (SSSR count). The highest BCUT2D eigenvalue weighted by atomic mass is 32.2.